The number of benzene rings is 2. The van der Waals surface area contributed by atoms with E-state index < -0.39 is 11.1 Å². The summed E-state index contributed by atoms with van der Waals surface area (Å²) < 4.78 is 23.8. The Balaban J connectivity index is 1.92. The number of anilines is 1. The van der Waals surface area contributed by atoms with Crippen LogP contribution >= 0.6 is 11.6 Å². The van der Waals surface area contributed by atoms with Crippen molar-refractivity contribution in [3.63, 3.8) is 0 Å². The lowest BCUT2D eigenvalue weighted by atomic mass is 9.96. The van der Waals surface area contributed by atoms with E-state index in [0.717, 1.165) is 30.8 Å². The summed E-state index contributed by atoms with van der Waals surface area (Å²) in [7, 11) is 4.04. The molecule has 1 saturated heterocycles. The Morgan fingerprint density at radius 2 is 2.07 bits per heavy atom. The molecule has 1 aliphatic rings. The van der Waals surface area contributed by atoms with Crippen molar-refractivity contribution in [3.8, 4) is 0 Å². The normalized spacial score (nSPS) is 19.5. The Hall–Kier alpha value is -1.44. The molecule has 152 valence electrons. The minimum absolute atomic E-state index is 0.230. The maximum absolute atomic E-state index is 11.9. The molecule has 3 unspecified atom stereocenters. The van der Waals surface area contributed by atoms with E-state index in [2.05, 4.69) is 22.6 Å². The fourth-order valence-corrected chi connectivity index (χ4v) is 4.83. The van der Waals surface area contributed by atoms with E-state index in [0.29, 0.717) is 16.6 Å². The summed E-state index contributed by atoms with van der Waals surface area (Å²) in [6, 6.07) is 13.4. The maximum Gasteiger partial charge on any atom is 0.0608 e. The van der Waals surface area contributed by atoms with Crippen LogP contribution in [0, 0.1) is 0 Å². The molecular weight excluding hydrogens is 394 g/mol. The topological polar surface area (TPSA) is 67.4 Å². The van der Waals surface area contributed by atoms with Crippen molar-refractivity contribution in [1.82, 2.24) is 10.2 Å². The molecule has 3 rings (SSSR count). The molecule has 1 heterocycles. The van der Waals surface area contributed by atoms with Crippen molar-refractivity contribution in [1.29, 1.82) is 0 Å². The minimum Gasteiger partial charge on any atom is -0.768 e. The van der Waals surface area contributed by atoms with Crippen LogP contribution in [-0.4, -0.2) is 46.9 Å². The van der Waals surface area contributed by atoms with Crippen molar-refractivity contribution in [2.75, 3.05) is 32.5 Å². The number of nitrogens with one attached hydrogen (secondary N) is 2. The Bertz CT molecular complexity index is 833. The summed E-state index contributed by atoms with van der Waals surface area (Å²) in [5.41, 5.74) is 2.69. The smallest absolute Gasteiger partial charge is 0.0608 e. The lowest BCUT2D eigenvalue weighted by Crippen LogP contribution is -2.31. The Morgan fingerprint density at radius 1 is 1.29 bits per heavy atom. The van der Waals surface area contributed by atoms with Crippen molar-refractivity contribution in [2.24, 2.45) is 0 Å². The number of hydrogen-bond donors (Lipinski definition) is 2. The van der Waals surface area contributed by atoms with E-state index in [1.807, 2.05) is 31.3 Å². The highest BCUT2D eigenvalue weighted by atomic mass is 35.5. The maximum atomic E-state index is 11.9. The summed E-state index contributed by atoms with van der Waals surface area (Å²) in [6.07, 6.45) is 3.48. The number of para-hydroxylation sites is 1. The van der Waals surface area contributed by atoms with Gasteiger partial charge in [0.1, 0.15) is 0 Å². The molecule has 2 aromatic rings. The van der Waals surface area contributed by atoms with Crippen LogP contribution in [0.2, 0.25) is 5.02 Å². The average molecular weight is 421 g/mol. The van der Waals surface area contributed by atoms with Gasteiger partial charge in [0, 0.05) is 28.7 Å². The van der Waals surface area contributed by atoms with Gasteiger partial charge in [0.15, 0.2) is 0 Å². The second-order valence-electron chi connectivity index (χ2n) is 7.21. The third-order valence-corrected chi connectivity index (χ3v) is 6.45. The van der Waals surface area contributed by atoms with Crippen molar-refractivity contribution >= 4 is 28.4 Å². The third kappa shape index (κ3) is 4.93. The van der Waals surface area contributed by atoms with Gasteiger partial charge in [-0.1, -0.05) is 35.9 Å². The molecule has 0 amide bonds. The van der Waals surface area contributed by atoms with Crippen molar-refractivity contribution in [2.45, 2.75) is 36.2 Å². The number of nitrogens with zero attached hydrogens (tertiary/aromatic N) is 1. The zero-order valence-electron chi connectivity index (χ0n) is 16.3. The fraction of sp³-hybridized carbons (Fsp3) is 0.429. The molecule has 1 fully saturated rings. The summed E-state index contributed by atoms with van der Waals surface area (Å²) in [4.78, 5) is 2.63. The molecule has 0 aliphatic carbocycles. The van der Waals surface area contributed by atoms with Gasteiger partial charge in [-0.2, -0.15) is 0 Å². The van der Waals surface area contributed by atoms with Crippen LogP contribution in [0.5, 0.6) is 0 Å². The summed E-state index contributed by atoms with van der Waals surface area (Å²) in [6.45, 7) is 1.94. The SMILES string of the molecule is CNc1ccccc1C(NCCC1CCCN1C)c1ccc(Cl)cc1S(=O)[O-]. The summed E-state index contributed by atoms with van der Waals surface area (Å²) >= 11 is 3.69. The van der Waals surface area contributed by atoms with E-state index in [4.69, 9.17) is 11.6 Å². The summed E-state index contributed by atoms with van der Waals surface area (Å²) in [5, 5.41) is 7.24. The van der Waals surface area contributed by atoms with Gasteiger partial charge >= 0.3 is 0 Å². The largest absolute Gasteiger partial charge is 0.768 e. The van der Waals surface area contributed by atoms with Crippen LogP contribution in [0.15, 0.2) is 47.4 Å². The monoisotopic (exact) mass is 420 g/mol. The zero-order valence-corrected chi connectivity index (χ0v) is 17.9. The first-order valence-corrected chi connectivity index (χ1v) is 11.1. The number of likely N-dealkylation sites (tertiary alicyclic amines) is 1. The predicted octanol–water partition coefficient (Wildman–Crippen LogP) is 3.78. The first-order chi connectivity index (χ1) is 13.5. The zero-order chi connectivity index (χ0) is 20.1. The minimum atomic E-state index is -2.37. The van der Waals surface area contributed by atoms with Gasteiger partial charge in [0.05, 0.1) is 6.04 Å². The van der Waals surface area contributed by atoms with Crippen molar-refractivity contribution in [3.05, 3.63) is 58.6 Å². The lowest BCUT2D eigenvalue weighted by Gasteiger charge is -2.27. The third-order valence-electron chi connectivity index (χ3n) is 5.50. The number of hydrogen-bond acceptors (Lipinski definition) is 5. The first-order valence-electron chi connectivity index (χ1n) is 9.60. The number of rotatable bonds is 8. The van der Waals surface area contributed by atoms with Crippen LogP contribution in [0.25, 0.3) is 0 Å². The molecule has 7 heteroatoms. The molecular formula is C21H27ClN3O2S-. The first kappa shape index (κ1) is 21.3. The quantitative estimate of drug-likeness (QED) is 0.636. The van der Waals surface area contributed by atoms with Gasteiger partial charge in [0.25, 0.3) is 0 Å². The standard InChI is InChI=1S/C21H28ClN3O2S/c1-23-19-8-4-3-7-17(19)21(24-12-11-16-6-5-13-25(16)2)18-10-9-15(22)14-20(18)28(26)27/h3-4,7-10,14,16,21,23-24H,5-6,11-13H2,1-2H3,(H,26,27)/p-1. The van der Waals surface area contributed by atoms with Gasteiger partial charge in [0.2, 0.25) is 0 Å². The van der Waals surface area contributed by atoms with E-state index in [9.17, 15) is 8.76 Å². The van der Waals surface area contributed by atoms with Crippen LogP contribution in [-0.2, 0) is 11.1 Å². The van der Waals surface area contributed by atoms with Gasteiger partial charge in [-0.25, -0.2) is 0 Å². The molecule has 0 spiro atoms. The van der Waals surface area contributed by atoms with E-state index in [1.54, 1.807) is 12.1 Å². The molecule has 2 aromatic carbocycles. The molecule has 0 bridgehead atoms. The van der Waals surface area contributed by atoms with Gasteiger partial charge < -0.3 is 20.1 Å². The summed E-state index contributed by atoms with van der Waals surface area (Å²) in [5.74, 6) is 0. The highest BCUT2D eigenvalue weighted by molar-refractivity contribution is 7.79. The van der Waals surface area contributed by atoms with E-state index in [-0.39, 0.29) is 10.9 Å². The highest BCUT2D eigenvalue weighted by Gasteiger charge is 2.23. The molecule has 5 nitrogen and oxygen atoms in total. The van der Waals surface area contributed by atoms with E-state index in [1.165, 1.54) is 18.9 Å². The number of halogens is 1. The average Bonchev–Trinajstić information content (AvgIpc) is 3.10. The van der Waals surface area contributed by atoms with Crippen LogP contribution in [0.4, 0.5) is 5.69 Å². The Labute approximate surface area is 174 Å². The highest BCUT2D eigenvalue weighted by Crippen LogP contribution is 2.33. The second kappa shape index (κ2) is 9.85. The molecule has 3 atom stereocenters. The predicted molar refractivity (Wildman–Crippen MR) is 115 cm³/mol. The van der Waals surface area contributed by atoms with Gasteiger partial charge in [-0.15, -0.1) is 0 Å². The molecule has 0 saturated carbocycles. The fourth-order valence-electron chi connectivity index (χ4n) is 3.99. The van der Waals surface area contributed by atoms with E-state index >= 15 is 0 Å². The van der Waals surface area contributed by atoms with Gasteiger partial charge in [-0.05, 0) is 79.8 Å². The lowest BCUT2D eigenvalue weighted by molar-refractivity contribution is 0.291. The van der Waals surface area contributed by atoms with Crippen LogP contribution < -0.4 is 10.6 Å². The van der Waals surface area contributed by atoms with Crippen molar-refractivity contribution < 1.29 is 8.76 Å². The molecule has 1 aliphatic heterocycles. The van der Waals surface area contributed by atoms with Crippen LogP contribution in [0.3, 0.4) is 0 Å². The Kier molecular flexibility index (Phi) is 7.48. The molecule has 28 heavy (non-hydrogen) atoms. The molecule has 2 N–H and O–H groups in total. The van der Waals surface area contributed by atoms with Gasteiger partial charge in [-0.3, -0.25) is 4.21 Å². The molecule has 0 radical (unpaired) electrons. The van der Waals surface area contributed by atoms with Crippen LogP contribution in [0.1, 0.15) is 36.4 Å². The second-order valence-corrected chi connectivity index (χ2v) is 8.55. The Morgan fingerprint density at radius 3 is 2.75 bits per heavy atom. The molecule has 0 aromatic heterocycles.